The highest BCUT2D eigenvalue weighted by molar-refractivity contribution is 7.90. The lowest BCUT2D eigenvalue weighted by Gasteiger charge is -2.52. The van der Waals surface area contributed by atoms with Crippen molar-refractivity contribution >= 4 is 10.0 Å². The zero-order valence-corrected chi connectivity index (χ0v) is 14.4. The molecule has 0 aromatic carbocycles. The molecule has 2 aliphatic rings. The van der Waals surface area contributed by atoms with Crippen LogP contribution in [0.25, 0.3) is 0 Å². The third-order valence-corrected chi connectivity index (χ3v) is 6.15. The second-order valence-corrected chi connectivity index (χ2v) is 8.41. The van der Waals surface area contributed by atoms with Crippen molar-refractivity contribution in [3.8, 4) is 0 Å². The van der Waals surface area contributed by atoms with Gasteiger partial charge in [0.15, 0.2) is 0 Å². The summed E-state index contributed by atoms with van der Waals surface area (Å²) in [6.45, 7) is 2.04. The molecular formula is C15H19F3N2O4S. The SMILES string of the molecule is Cc1ccncc1CO[C@H]1CCOC2(C1)CN(S(=O)(=O)C(F)(F)F)C2. The predicted molar refractivity (Wildman–Crippen MR) is 82.0 cm³/mol. The first-order chi connectivity index (χ1) is 11.6. The van der Waals surface area contributed by atoms with E-state index in [0.717, 1.165) is 11.1 Å². The van der Waals surface area contributed by atoms with Crippen molar-refractivity contribution in [3.05, 3.63) is 29.6 Å². The van der Waals surface area contributed by atoms with Crippen LogP contribution < -0.4 is 0 Å². The Morgan fingerprint density at radius 1 is 1.44 bits per heavy atom. The molecule has 1 atom stereocenters. The summed E-state index contributed by atoms with van der Waals surface area (Å²) in [4.78, 5) is 4.04. The monoisotopic (exact) mass is 380 g/mol. The molecule has 0 saturated carbocycles. The summed E-state index contributed by atoms with van der Waals surface area (Å²) >= 11 is 0. The lowest BCUT2D eigenvalue weighted by molar-refractivity contribution is -0.183. The summed E-state index contributed by atoms with van der Waals surface area (Å²) in [7, 11) is -5.29. The molecule has 1 spiro atoms. The van der Waals surface area contributed by atoms with Gasteiger partial charge in [-0.05, 0) is 30.5 Å². The first kappa shape index (κ1) is 18.6. The number of aryl methyl sites for hydroxylation is 1. The van der Waals surface area contributed by atoms with Crippen molar-refractivity contribution in [2.45, 2.75) is 43.6 Å². The van der Waals surface area contributed by atoms with Gasteiger partial charge in [-0.1, -0.05) is 0 Å². The van der Waals surface area contributed by atoms with Crippen LogP contribution in [-0.4, -0.2) is 54.6 Å². The molecule has 3 rings (SSSR count). The summed E-state index contributed by atoms with van der Waals surface area (Å²) < 4.78 is 72.4. The Morgan fingerprint density at radius 2 is 2.16 bits per heavy atom. The van der Waals surface area contributed by atoms with E-state index < -0.39 is 21.1 Å². The molecule has 6 nitrogen and oxygen atoms in total. The number of aromatic nitrogens is 1. The molecule has 2 fully saturated rings. The van der Waals surface area contributed by atoms with E-state index in [0.29, 0.717) is 30.4 Å². The van der Waals surface area contributed by atoms with Gasteiger partial charge in [-0.2, -0.15) is 17.5 Å². The van der Waals surface area contributed by atoms with Crippen molar-refractivity contribution in [1.82, 2.24) is 9.29 Å². The fraction of sp³-hybridized carbons (Fsp3) is 0.667. The van der Waals surface area contributed by atoms with Gasteiger partial charge in [-0.3, -0.25) is 4.98 Å². The molecule has 10 heteroatoms. The Labute approximate surface area is 144 Å². The highest BCUT2D eigenvalue weighted by atomic mass is 32.2. The molecule has 25 heavy (non-hydrogen) atoms. The minimum Gasteiger partial charge on any atom is -0.373 e. The Kier molecular flexibility index (Phi) is 4.82. The van der Waals surface area contributed by atoms with Gasteiger partial charge >= 0.3 is 15.5 Å². The Bertz CT molecular complexity index is 733. The van der Waals surface area contributed by atoms with Crippen LogP contribution >= 0.6 is 0 Å². The number of pyridine rings is 1. The Morgan fingerprint density at radius 3 is 2.80 bits per heavy atom. The summed E-state index contributed by atoms with van der Waals surface area (Å²) in [6, 6.07) is 1.87. The van der Waals surface area contributed by atoms with Crippen LogP contribution in [0.2, 0.25) is 0 Å². The summed E-state index contributed by atoms with van der Waals surface area (Å²) in [5, 5.41) is 0. The van der Waals surface area contributed by atoms with Gasteiger partial charge in [0.2, 0.25) is 0 Å². The van der Waals surface area contributed by atoms with E-state index in [2.05, 4.69) is 4.98 Å². The molecule has 2 saturated heterocycles. The standard InChI is InChI=1S/C15H19F3N2O4S/c1-11-2-4-19-7-12(11)8-23-13-3-5-24-14(6-13)9-20(10-14)25(21,22)15(16,17)18/h2,4,7,13H,3,5-6,8-10H2,1H3/t13-/m0/s1. The minimum atomic E-state index is -5.29. The third-order valence-electron chi connectivity index (χ3n) is 4.63. The zero-order chi connectivity index (χ0) is 18.3. The molecule has 0 aliphatic carbocycles. The largest absolute Gasteiger partial charge is 0.511 e. The van der Waals surface area contributed by atoms with E-state index in [1.165, 1.54) is 0 Å². The molecule has 2 aliphatic heterocycles. The van der Waals surface area contributed by atoms with E-state index in [4.69, 9.17) is 9.47 Å². The predicted octanol–water partition coefficient (Wildman–Crippen LogP) is 1.99. The van der Waals surface area contributed by atoms with E-state index in [-0.39, 0.29) is 19.2 Å². The summed E-state index contributed by atoms with van der Waals surface area (Å²) in [6.07, 6.45) is 4.20. The quantitative estimate of drug-likeness (QED) is 0.799. The maximum absolute atomic E-state index is 12.6. The molecule has 0 radical (unpaired) electrons. The van der Waals surface area contributed by atoms with Crippen molar-refractivity contribution in [2.75, 3.05) is 19.7 Å². The van der Waals surface area contributed by atoms with Crippen molar-refractivity contribution < 1.29 is 31.1 Å². The molecule has 140 valence electrons. The lowest BCUT2D eigenvalue weighted by Crippen LogP contribution is -2.68. The fourth-order valence-electron chi connectivity index (χ4n) is 3.11. The van der Waals surface area contributed by atoms with Crippen LogP contribution in [-0.2, 0) is 26.1 Å². The van der Waals surface area contributed by atoms with E-state index in [1.54, 1.807) is 12.4 Å². The number of hydrogen-bond acceptors (Lipinski definition) is 5. The normalized spacial score (nSPS) is 24.2. The third kappa shape index (κ3) is 3.67. The van der Waals surface area contributed by atoms with Gasteiger partial charge in [0.05, 0.1) is 18.3 Å². The number of halogens is 3. The van der Waals surface area contributed by atoms with E-state index in [9.17, 15) is 21.6 Å². The first-order valence-electron chi connectivity index (χ1n) is 7.84. The molecule has 1 aromatic heterocycles. The molecule has 0 bridgehead atoms. The van der Waals surface area contributed by atoms with Crippen LogP contribution in [0.4, 0.5) is 13.2 Å². The van der Waals surface area contributed by atoms with E-state index in [1.807, 2.05) is 13.0 Å². The minimum absolute atomic E-state index is 0.191. The second-order valence-electron chi connectivity index (χ2n) is 6.48. The van der Waals surface area contributed by atoms with Crippen LogP contribution in [0, 0.1) is 6.92 Å². The van der Waals surface area contributed by atoms with E-state index >= 15 is 0 Å². The van der Waals surface area contributed by atoms with Gasteiger partial charge < -0.3 is 9.47 Å². The summed E-state index contributed by atoms with van der Waals surface area (Å²) in [5.41, 5.74) is -4.18. The number of alkyl halides is 3. The van der Waals surface area contributed by atoms with Gasteiger partial charge in [-0.15, -0.1) is 0 Å². The van der Waals surface area contributed by atoms with Gasteiger partial charge in [0, 0.05) is 38.5 Å². The average molecular weight is 380 g/mol. The average Bonchev–Trinajstić information content (AvgIpc) is 2.51. The molecule has 0 unspecified atom stereocenters. The van der Waals surface area contributed by atoms with Crippen LogP contribution in [0.15, 0.2) is 18.5 Å². The fourth-order valence-corrected chi connectivity index (χ4v) is 4.22. The topological polar surface area (TPSA) is 68.7 Å². The maximum Gasteiger partial charge on any atom is 0.511 e. The number of ether oxygens (including phenoxy) is 2. The Hall–Kier alpha value is -1.23. The maximum atomic E-state index is 12.6. The summed E-state index contributed by atoms with van der Waals surface area (Å²) in [5.74, 6) is 0. The van der Waals surface area contributed by atoms with Crippen molar-refractivity contribution in [2.24, 2.45) is 0 Å². The van der Waals surface area contributed by atoms with Crippen LogP contribution in [0.1, 0.15) is 24.0 Å². The highest BCUT2D eigenvalue weighted by Crippen LogP contribution is 2.40. The smallest absolute Gasteiger partial charge is 0.373 e. The van der Waals surface area contributed by atoms with Crippen molar-refractivity contribution in [3.63, 3.8) is 0 Å². The van der Waals surface area contributed by atoms with Crippen LogP contribution in [0.5, 0.6) is 0 Å². The number of sulfonamides is 1. The number of hydrogen-bond donors (Lipinski definition) is 0. The molecule has 3 heterocycles. The molecular weight excluding hydrogens is 361 g/mol. The molecule has 0 amide bonds. The van der Waals surface area contributed by atoms with Crippen molar-refractivity contribution in [1.29, 1.82) is 0 Å². The van der Waals surface area contributed by atoms with Crippen LogP contribution in [0.3, 0.4) is 0 Å². The second kappa shape index (κ2) is 6.49. The lowest BCUT2D eigenvalue weighted by atomic mass is 9.86. The molecule has 1 aromatic rings. The van der Waals surface area contributed by atoms with Gasteiger partial charge in [0.25, 0.3) is 0 Å². The Balaban J connectivity index is 1.57. The molecule has 0 N–H and O–H groups in total. The number of nitrogens with zero attached hydrogens (tertiary/aromatic N) is 2. The van der Waals surface area contributed by atoms with Gasteiger partial charge in [-0.25, -0.2) is 8.42 Å². The zero-order valence-electron chi connectivity index (χ0n) is 13.6. The van der Waals surface area contributed by atoms with Gasteiger partial charge in [0.1, 0.15) is 0 Å². The highest BCUT2D eigenvalue weighted by Gasteiger charge is 2.59. The number of rotatable bonds is 4. The first-order valence-corrected chi connectivity index (χ1v) is 9.28.